The first-order valence-corrected chi connectivity index (χ1v) is 6.50. The molecule has 1 unspecified atom stereocenters. The number of hydrogen-bond donors (Lipinski definition) is 1. The van der Waals surface area contributed by atoms with Crippen LogP contribution in [0.4, 0.5) is 5.69 Å². The van der Waals surface area contributed by atoms with Crippen LogP contribution >= 0.6 is 11.6 Å². The molecule has 0 aliphatic rings. The van der Waals surface area contributed by atoms with Crippen LogP contribution in [0.5, 0.6) is 0 Å². The van der Waals surface area contributed by atoms with Gasteiger partial charge in [0, 0.05) is 18.7 Å². The fourth-order valence-electron chi connectivity index (χ4n) is 1.98. The first kappa shape index (κ1) is 14.9. The minimum Gasteiger partial charge on any atom is -0.309 e. The maximum Gasteiger partial charge on any atom is 0.275 e. The topological polar surface area (TPSA) is 55.2 Å². The Morgan fingerprint density at radius 1 is 1.44 bits per heavy atom. The van der Waals surface area contributed by atoms with Gasteiger partial charge in [-0.2, -0.15) is 0 Å². The predicted molar refractivity (Wildman–Crippen MR) is 73.9 cm³/mol. The smallest absolute Gasteiger partial charge is 0.275 e. The van der Waals surface area contributed by atoms with E-state index >= 15 is 0 Å². The molecule has 0 radical (unpaired) electrons. The Balaban J connectivity index is 2.87. The zero-order chi connectivity index (χ0) is 13.7. The van der Waals surface area contributed by atoms with E-state index in [0.717, 1.165) is 6.42 Å². The number of hydrogen-bond acceptors (Lipinski definition) is 3. The molecular formula is C13H19ClN2O2. The van der Waals surface area contributed by atoms with E-state index in [2.05, 4.69) is 26.1 Å². The lowest BCUT2D eigenvalue weighted by Gasteiger charge is -2.21. The number of halogens is 1. The number of nitrogens with zero attached hydrogens (tertiary/aromatic N) is 1. The molecule has 18 heavy (non-hydrogen) atoms. The standard InChI is InChI=1S/C13H19ClN2O2/c1-4-12(9(2)3)15-8-10-11(14)6-5-7-13(10)16(17)18/h5-7,9,12,15H,4,8H2,1-3H3. The van der Waals surface area contributed by atoms with Crippen molar-refractivity contribution in [3.63, 3.8) is 0 Å². The van der Waals surface area contributed by atoms with Gasteiger partial charge in [-0.15, -0.1) is 0 Å². The van der Waals surface area contributed by atoms with E-state index in [1.54, 1.807) is 12.1 Å². The first-order chi connectivity index (χ1) is 8.47. The van der Waals surface area contributed by atoms with Gasteiger partial charge in [-0.25, -0.2) is 0 Å². The lowest BCUT2D eigenvalue weighted by atomic mass is 10.0. The van der Waals surface area contributed by atoms with Gasteiger partial charge < -0.3 is 5.32 Å². The molecule has 0 amide bonds. The van der Waals surface area contributed by atoms with Gasteiger partial charge in [0.05, 0.1) is 15.5 Å². The fraction of sp³-hybridized carbons (Fsp3) is 0.538. The second-order valence-corrected chi connectivity index (χ2v) is 5.04. The third kappa shape index (κ3) is 3.68. The van der Waals surface area contributed by atoms with Crippen LogP contribution in [-0.2, 0) is 6.54 Å². The highest BCUT2D eigenvalue weighted by Crippen LogP contribution is 2.26. The van der Waals surface area contributed by atoms with Crippen molar-refractivity contribution >= 4 is 17.3 Å². The Hall–Kier alpha value is -1.13. The normalized spacial score (nSPS) is 12.7. The number of nitro groups is 1. The molecule has 0 spiro atoms. The van der Waals surface area contributed by atoms with Crippen molar-refractivity contribution in [2.75, 3.05) is 0 Å². The van der Waals surface area contributed by atoms with Crippen molar-refractivity contribution in [3.8, 4) is 0 Å². The highest BCUT2D eigenvalue weighted by atomic mass is 35.5. The molecule has 0 heterocycles. The first-order valence-electron chi connectivity index (χ1n) is 6.12. The van der Waals surface area contributed by atoms with Crippen LogP contribution in [0.2, 0.25) is 5.02 Å². The summed E-state index contributed by atoms with van der Waals surface area (Å²) >= 11 is 6.04. The Morgan fingerprint density at radius 2 is 2.11 bits per heavy atom. The molecule has 1 aromatic rings. The number of rotatable bonds is 6. The minimum atomic E-state index is -0.390. The van der Waals surface area contributed by atoms with E-state index in [-0.39, 0.29) is 10.6 Å². The van der Waals surface area contributed by atoms with Crippen LogP contribution in [0.25, 0.3) is 0 Å². The molecule has 100 valence electrons. The average Bonchev–Trinajstić information content (AvgIpc) is 2.30. The molecule has 0 aliphatic carbocycles. The van der Waals surface area contributed by atoms with Gasteiger partial charge in [-0.1, -0.05) is 38.4 Å². The summed E-state index contributed by atoms with van der Waals surface area (Å²) in [4.78, 5) is 10.6. The highest BCUT2D eigenvalue weighted by molar-refractivity contribution is 6.31. The minimum absolute atomic E-state index is 0.0774. The zero-order valence-corrected chi connectivity index (χ0v) is 11.7. The Morgan fingerprint density at radius 3 is 2.61 bits per heavy atom. The van der Waals surface area contributed by atoms with Gasteiger partial charge in [-0.05, 0) is 18.4 Å². The second-order valence-electron chi connectivity index (χ2n) is 4.63. The van der Waals surface area contributed by atoms with Gasteiger partial charge >= 0.3 is 0 Å². The van der Waals surface area contributed by atoms with Crippen molar-refractivity contribution < 1.29 is 4.92 Å². The van der Waals surface area contributed by atoms with E-state index in [9.17, 15) is 10.1 Å². The molecule has 1 rings (SSSR count). The van der Waals surface area contributed by atoms with Gasteiger partial charge in [0.2, 0.25) is 0 Å². The largest absolute Gasteiger partial charge is 0.309 e. The van der Waals surface area contributed by atoms with Crippen molar-refractivity contribution in [2.24, 2.45) is 5.92 Å². The predicted octanol–water partition coefficient (Wildman–Crippen LogP) is 3.77. The van der Waals surface area contributed by atoms with Gasteiger partial charge in [0.1, 0.15) is 0 Å². The summed E-state index contributed by atoms with van der Waals surface area (Å²) < 4.78 is 0. The molecule has 1 atom stereocenters. The molecule has 0 bridgehead atoms. The van der Waals surface area contributed by atoms with Gasteiger partial charge in [0.15, 0.2) is 0 Å². The lowest BCUT2D eigenvalue weighted by molar-refractivity contribution is -0.385. The summed E-state index contributed by atoms with van der Waals surface area (Å²) in [5.41, 5.74) is 0.636. The SMILES string of the molecule is CCC(NCc1c(Cl)cccc1[N+](=O)[O-])C(C)C. The molecule has 0 fully saturated rings. The summed E-state index contributed by atoms with van der Waals surface area (Å²) in [6, 6.07) is 5.10. The van der Waals surface area contributed by atoms with Crippen LogP contribution in [0.15, 0.2) is 18.2 Å². The van der Waals surface area contributed by atoms with Crippen molar-refractivity contribution in [1.29, 1.82) is 0 Å². The van der Waals surface area contributed by atoms with Crippen LogP contribution in [0, 0.1) is 16.0 Å². The Kier molecular flexibility index (Phi) is 5.56. The Bertz CT molecular complexity index is 421. The molecule has 0 aliphatic heterocycles. The molecule has 5 heteroatoms. The maximum atomic E-state index is 10.9. The summed E-state index contributed by atoms with van der Waals surface area (Å²) in [5, 5.41) is 14.7. The molecule has 4 nitrogen and oxygen atoms in total. The van der Waals surface area contributed by atoms with Crippen molar-refractivity contribution in [3.05, 3.63) is 38.9 Å². The molecule has 1 N–H and O–H groups in total. The lowest BCUT2D eigenvalue weighted by Crippen LogP contribution is -2.32. The summed E-state index contributed by atoms with van der Waals surface area (Å²) in [5.74, 6) is 0.483. The molecule has 0 saturated heterocycles. The molecular weight excluding hydrogens is 252 g/mol. The quantitative estimate of drug-likeness (QED) is 0.632. The van der Waals surface area contributed by atoms with Crippen LogP contribution < -0.4 is 5.32 Å². The van der Waals surface area contributed by atoms with Crippen molar-refractivity contribution in [2.45, 2.75) is 39.8 Å². The highest BCUT2D eigenvalue weighted by Gasteiger charge is 2.18. The van der Waals surface area contributed by atoms with E-state index in [1.165, 1.54) is 6.07 Å². The molecule has 0 saturated carbocycles. The zero-order valence-electron chi connectivity index (χ0n) is 10.9. The van der Waals surface area contributed by atoms with E-state index in [4.69, 9.17) is 11.6 Å². The third-order valence-electron chi connectivity index (χ3n) is 3.08. The molecule has 1 aromatic carbocycles. The summed E-state index contributed by atoms with van der Waals surface area (Å²) in [6.07, 6.45) is 0.982. The van der Waals surface area contributed by atoms with Crippen LogP contribution in [0.1, 0.15) is 32.8 Å². The Labute approximate surface area is 112 Å². The van der Waals surface area contributed by atoms with Crippen LogP contribution in [-0.4, -0.2) is 11.0 Å². The van der Waals surface area contributed by atoms with E-state index in [1.807, 2.05) is 0 Å². The van der Waals surface area contributed by atoms with E-state index in [0.29, 0.717) is 29.1 Å². The van der Waals surface area contributed by atoms with Gasteiger partial charge in [0.25, 0.3) is 5.69 Å². The van der Waals surface area contributed by atoms with Crippen LogP contribution in [0.3, 0.4) is 0 Å². The average molecular weight is 271 g/mol. The van der Waals surface area contributed by atoms with E-state index < -0.39 is 0 Å². The summed E-state index contributed by atoms with van der Waals surface area (Å²) in [6.45, 7) is 6.77. The molecule has 0 aromatic heterocycles. The second kappa shape index (κ2) is 6.71. The number of benzene rings is 1. The summed E-state index contributed by atoms with van der Waals surface area (Å²) in [7, 11) is 0. The number of nitro benzene ring substituents is 1. The van der Waals surface area contributed by atoms with Gasteiger partial charge in [-0.3, -0.25) is 10.1 Å². The maximum absolute atomic E-state index is 10.9. The monoisotopic (exact) mass is 270 g/mol. The number of nitrogens with one attached hydrogen (secondary N) is 1. The van der Waals surface area contributed by atoms with Crippen molar-refractivity contribution in [1.82, 2.24) is 5.32 Å². The fourth-order valence-corrected chi connectivity index (χ4v) is 2.21. The third-order valence-corrected chi connectivity index (χ3v) is 3.43.